The number of aryl methyl sites for hydroxylation is 1. The molecule has 0 aliphatic carbocycles. The van der Waals surface area contributed by atoms with E-state index in [4.69, 9.17) is 4.74 Å². The summed E-state index contributed by atoms with van der Waals surface area (Å²) in [6, 6.07) is 1.55. The Balaban J connectivity index is 0.00000166. The molecule has 0 saturated heterocycles. The molecule has 31 heavy (non-hydrogen) atoms. The van der Waals surface area contributed by atoms with Gasteiger partial charge in [-0.1, -0.05) is 39.3 Å². The van der Waals surface area contributed by atoms with Crippen LogP contribution < -0.4 is 5.43 Å². The largest absolute Gasteiger partial charge is 0.372 e. The van der Waals surface area contributed by atoms with E-state index in [9.17, 15) is 4.79 Å². The summed E-state index contributed by atoms with van der Waals surface area (Å²) in [6.07, 6.45) is 12.5. The van der Waals surface area contributed by atoms with Gasteiger partial charge in [-0.25, -0.2) is 4.68 Å². The van der Waals surface area contributed by atoms with E-state index in [1.54, 1.807) is 27.8 Å². The highest BCUT2D eigenvalue weighted by molar-refractivity contribution is 5.68. The average Bonchev–Trinajstić information content (AvgIpc) is 3.21. The molecule has 0 radical (unpaired) electrons. The summed E-state index contributed by atoms with van der Waals surface area (Å²) >= 11 is 0. The summed E-state index contributed by atoms with van der Waals surface area (Å²) in [7, 11) is 1.85. The molecule has 1 aliphatic rings. The van der Waals surface area contributed by atoms with E-state index in [1.807, 2.05) is 40.2 Å². The van der Waals surface area contributed by atoms with E-state index in [0.717, 1.165) is 42.8 Å². The van der Waals surface area contributed by atoms with Crippen molar-refractivity contribution in [3.05, 3.63) is 63.5 Å². The van der Waals surface area contributed by atoms with Gasteiger partial charge in [0.2, 0.25) is 5.43 Å². The molecule has 0 N–H and O–H groups in total. The maximum absolute atomic E-state index is 12.3. The normalized spacial score (nSPS) is 16.3. The molecule has 3 heterocycles. The van der Waals surface area contributed by atoms with E-state index in [1.165, 1.54) is 5.57 Å². The molecule has 0 bridgehead atoms. The van der Waals surface area contributed by atoms with E-state index >= 15 is 0 Å². The van der Waals surface area contributed by atoms with Crippen LogP contribution in [0, 0.1) is 0 Å². The number of hydrogen-bond donors (Lipinski definition) is 0. The zero-order valence-electron chi connectivity index (χ0n) is 19.6. The van der Waals surface area contributed by atoms with E-state index in [0.29, 0.717) is 12.1 Å². The van der Waals surface area contributed by atoms with Crippen molar-refractivity contribution in [2.75, 3.05) is 6.61 Å². The summed E-state index contributed by atoms with van der Waals surface area (Å²) in [5, 5.41) is 8.69. The number of rotatable bonds is 8. The lowest BCUT2D eigenvalue weighted by Crippen LogP contribution is -2.20. The molecule has 0 spiro atoms. The Morgan fingerprint density at radius 2 is 2.10 bits per heavy atom. The lowest BCUT2D eigenvalue weighted by atomic mass is 9.98. The lowest BCUT2D eigenvalue weighted by Gasteiger charge is -2.20. The van der Waals surface area contributed by atoms with Crippen molar-refractivity contribution in [2.45, 2.75) is 66.4 Å². The smallest absolute Gasteiger partial charge is 0.203 e. The van der Waals surface area contributed by atoms with Crippen molar-refractivity contribution in [1.29, 1.82) is 0 Å². The summed E-state index contributed by atoms with van der Waals surface area (Å²) < 4.78 is 9.25. The van der Waals surface area contributed by atoms with Gasteiger partial charge >= 0.3 is 0 Å². The molecule has 7 nitrogen and oxygen atoms in total. The van der Waals surface area contributed by atoms with Gasteiger partial charge in [-0.15, -0.1) is 0 Å². The van der Waals surface area contributed by atoms with Crippen molar-refractivity contribution in [2.24, 2.45) is 12.0 Å². The highest BCUT2D eigenvalue weighted by Crippen LogP contribution is 2.24. The minimum atomic E-state index is -0.0617. The molecule has 168 valence electrons. The molecular formula is C24H35N5O2. The highest BCUT2D eigenvalue weighted by atomic mass is 16.5. The second-order valence-electron chi connectivity index (χ2n) is 7.33. The Kier molecular flexibility index (Phi) is 9.59. The predicted molar refractivity (Wildman–Crippen MR) is 126 cm³/mol. The summed E-state index contributed by atoms with van der Waals surface area (Å²) in [4.78, 5) is 16.9. The molecule has 1 unspecified atom stereocenters. The zero-order chi connectivity index (χ0) is 22.8. The van der Waals surface area contributed by atoms with Gasteiger partial charge in [-0.2, -0.15) is 10.2 Å². The van der Waals surface area contributed by atoms with E-state index < -0.39 is 0 Å². The van der Waals surface area contributed by atoms with Gasteiger partial charge in [-0.05, 0) is 25.3 Å². The predicted octanol–water partition coefficient (Wildman–Crippen LogP) is 4.41. The van der Waals surface area contributed by atoms with Crippen molar-refractivity contribution in [1.82, 2.24) is 19.6 Å². The Morgan fingerprint density at radius 3 is 2.74 bits per heavy atom. The fourth-order valence-electron chi connectivity index (χ4n) is 3.33. The van der Waals surface area contributed by atoms with Gasteiger partial charge in [-0.3, -0.25) is 14.5 Å². The molecule has 0 amide bonds. The summed E-state index contributed by atoms with van der Waals surface area (Å²) in [5.41, 5.74) is 4.61. The minimum absolute atomic E-state index is 0.0157. The van der Waals surface area contributed by atoms with Crippen molar-refractivity contribution >= 4 is 6.21 Å². The molecular weight excluding hydrogens is 390 g/mol. The minimum Gasteiger partial charge on any atom is -0.372 e. The summed E-state index contributed by atoms with van der Waals surface area (Å²) in [6.45, 7) is 11.0. The topological polar surface area (TPSA) is 74.3 Å². The number of hydrogen-bond acceptors (Lipinski definition) is 5. The van der Waals surface area contributed by atoms with Gasteiger partial charge in [0, 0.05) is 50.7 Å². The van der Waals surface area contributed by atoms with Crippen LogP contribution in [0.2, 0.25) is 0 Å². The molecule has 3 rings (SSSR count). The molecule has 2 aromatic heterocycles. The first-order valence-electron chi connectivity index (χ1n) is 11.1. The Labute approximate surface area is 185 Å². The average molecular weight is 426 g/mol. The van der Waals surface area contributed by atoms with Gasteiger partial charge in [0.15, 0.2) is 0 Å². The SMILES string of the molecule is CC.CCCOC1C=NC(CC)=C(/C=C(\C)Cc2nn(-c3cnn(C)c3)ccc2=O)C1. The molecule has 2 aromatic rings. The van der Waals surface area contributed by atoms with Crippen molar-refractivity contribution < 1.29 is 4.74 Å². The molecule has 0 fully saturated rings. The molecule has 1 atom stereocenters. The third kappa shape index (κ3) is 6.85. The van der Waals surface area contributed by atoms with Crippen LogP contribution in [-0.2, 0) is 18.2 Å². The first kappa shape index (κ1) is 24.5. The van der Waals surface area contributed by atoms with Gasteiger partial charge in [0.25, 0.3) is 0 Å². The first-order valence-corrected chi connectivity index (χ1v) is 11.1. The van der Waals surface area contributed by atoms with Crippen LogP contribution in [0.15, 0.2) is 57.4 Å². The zero-order valence-corrected chi connectivity index (χ0v) is 19.6. The van der Waals surface area contributed by atoms with Crippen LogP contribution in [0.4, 0.5) is 0 Å². The number of aromatic nitrogens is 4. The molecule has 0 saturated carbocycles. The van der Waals surface area contributed by atoms with Crippen LogP contribution in [0.1, 0.15) is 59.6 Å². The fourth-order valence-corrected chi connectivity index (χ4v) is 3.33. The van der Waals surface area contributed by atoms with Crippen LogP contribution in [-0.4, -0.2) is 38.5 Å². The van der Waals surface area contributed by atoms with Gasteiger partial charge < -0.3 is 4.74 Å². The molecule has 7 heteroatoms. The first-order chi connectivity index (χ1) is 15.0. The Hall–Kier alpha value is -2.80. The van der Waals surface area contributed by atoms with Crippen LogP contribution in [0.25, 0.3) is 5.69 Å². The van der Waals surface area contributed by atoms with Crippen molar-refractivity contribution in [3.8, 4) is 5.69 Å². The van der Waals surface area contributed by atoms with E-state index in [-0.39, 0.29) is 11.5 Å². The van der Waals surface area contributed by atoms with Crippen molar-refractivity contribution in [3.63, 3.8) is 0 Å². The molecule has 0 aromatic carbocycles. The Morgan fingerprint density at radius 1 is 1.32 bits per heavy atom. The number of nitrogens with zero attached hydrogens (tertiary/aromatic N) is 5. The number of aliphatic imine (C=N–C) groups is 1. The maximum Gasteiger partial charge on any atom is 0.203 e. The lowest BCUT2D eigenvalue weighted by molar-refractivity contribution is 0.101. The van der Waals surface area contributed by atoms with E-state index in [2.05, 4.69) is 35.1 Å². The van der Waals surface area contributed by atoms with Gasteiger partial charge in [0.05, 0.1) is 18.5 Å². The highest BCUT2D eigenvalue weighted by Gasteiger charge is 2.16. The number of allylic oxidation sites excluding steroid dienone is 3. The summed E-state index contributed by atoms with van der Waals surface area (Å²) in [5.74, 6) is 0. The fraction of sp³-hybridized carbons (Fsp3) is 0.500. The molecule has 1 aliphatic heterocycles. The third-order valence-corrected chi connectivity index (χ3v) is 4.76. The van der Waals surface area contributed by atoms with Crippen LogP contribution >= 0.6 is 0 Å². The number of ether oxygens (including phenoxy) is 1. The van der Waals surface area contributed by atoms with Crippen LogP contribution in [0.3, 0.4) is 0 Å². The van der Waals surface area contributed by atoms with Gasteiger partial charge in [0.1, 0.15) is 11.4 Å². The second kappa shape index (κ2) is 12.2. The standard InChI is InChI=1S/C22H29N5O2.C2H6/c1-5-9-29-19-12-17(20(6-2)23-14-19)10-16(3)11-21-22(28)7-8-27(25-21)18-13-24-26(4)15-18;1-2/h7-8,10,13-15,19H,5-6,9,11-12H2,1-4H3;1-2H3/b16-10+;. The monoisotopic (exact) mass is 425 g/mol. The third-order valence-electron chi connectivity index (χ3n) is 4.76. The Bertz CT molecular complexity index is 997. The second-order valence-corrected chi connectivity index (χ2v) is 7.33. The van der Waals surface area contributed by atoms with Crippen LogP contribution in [0.5, 0.6) is 0 Å². The maximum atomic E-state index is 12.3. The quantitative estimate of drug-likeness (QED) is 0.628.